The fourth-order valence-corrected chi connectivity index (χ4v) is 2.23. The Morgan fingerprint density at radius 1 is 1.47 bits per heavy atom. The third-order valence-corrected chi connectivity index (χ3v) is 3.20. The van der Waals surface area contributed by atoms with Crippen molar-refractivity contribution < 1.29 is 13.9 Å². The summed E-state index contributed by atoms with van der Waals surface area (Å²) in [5.74, 6) is 0.235. The van der Waals surface area contributed by atoms with E-state index in [-0.39, 0.29) is 23.4 Å². The Kier molecular flexibility index (Phi) is 4.24. The fraction of sp³-hybridized carbons (Fsp3) is 0.538. The molecule has 1 fully saturated rings. The second kappa shape index (κ2) is 5.69. The van der Waals surface area contributed by atoms with Gasteiger partial charge in [0.15, 0.2) is 0 Å². The molecule has 0 aliphatic heterocycles. The van der Waals surface area contributed by atoms with E-state index in [0.717, 1.165) is 12.8 Å². The Labute approximate surface area is 106 Å². The lowest BCUT2D eigenvalue weighted by molar-refractivity contribution is -0.0798. The van der Waals surface area contributed by atoms with E-state index in [2.05, 4.69) is 0 Å². The molecule has 0 saturated heterocycles. The first-order valence-corrected chi connectivity index (χ1v) is 6.32. The average molecular weight is 259 g/mol. The van der Waals surface area contributed by atoms with E-state index in [1.54, 1.807) is 12.1 Å². The predicted octanol–water partition coefficient (Wildman–Crippen LogP) is 3.38. The monoisotopic (exact) mass is 258 g/mol. The molecule has 3 atom stereocenters. The van der Waals surface area contributed by atoms with Gasteiger partial charge in [0.2, 0.25) is 0 Å². The van der Waals surface area contributed by atoms with Gasteiger partial charge in [0.1, 0.15) is 23.8 Å². The van der Waals surface area contributed by atoms with Crippen molar-refractivity contribution in [1.29, 1.82) is 0 Å². The van der Waals surface area contributed by atoms with Crippen LogP contribution >= 0.6 is 11.6 Å². The van der Waals surface area contributed by atoms with E-state index in [1.165, 1.54) is 12.1 Å². The normalized spacial score (nSPS) is 27.6. The third-order valence-electron chi connectivity index (χ3n) is 2.78. The summed E-state index contributed by atoms with van der Waals surface area (Å²) >= 11 is 6.06. The highest BCUT2D eigenvalue weighted by molar-refractivity contribution is 6.21. The van der Waals surface area contributed by atoms with Crippen LogP contribution in [-0.2, 0) is 4.74 Å². The second-order valence-electron chi connectivity index (χ2n) is 4.20. The van der Waals surface area contributed by atoms with Crippen molar-refractivity contribution in [3.63, 3.8) is 0 Å². The number of alkyl halides is 1. The van der Waals surface area contributed by atoms with Crippen molar-refractivity contribution >= 4 is 11.6 Å². The summed E-state index contributed by atoms with van der Waals surface area (Å²) in [5, 5.41) is 0.000101. The molecular weight excluding hydrogens is 243 g/mol. The summed E-state index contributed by atoms with van der Waals surface area (Å²) in [5.41, 5.74) is 0. The smallest absolute Gasteiger partial charge is 0.128 e. The highest BCUT2D eigenvalue weighted by Crippen LogP contribution is 2.33. The molecule has 0 aromatic heterocycles. The molecule has 0 amide bonds. The maximum absolute atomic E-state index is 13.0. The first-order chi connectivity index (χ1) is 8.20. The van der Waals surface area contributed by atoms with Crippen molar-refractivity contribution in [2.45, 2.75) is 37.4 Å². The van der Waals surface area contributed by atoms with Crippen LogP contribution in [-0.4, -0.2) is 24.2 Å². The van der Waals surface area contributed by atoms with Crippen LogP contribution in [0.25, 0.3) is 0 Å². The number of hydrogen-bond acceptors (Lipinski definition) is 2. The molecule has 1 aliphatic rings. The van der Waals surface area contributed by atoms with Crippen LogP contribution in [0, 0.1) is 5.82 Å². The molecule has 0 bridgehead atoms. The zero-order valence-corrected chi connectivity index (χ0v) is 10.5. The molecule has 1 saturated carbocycles. The molecule has 3 unspecified atom stereocenters. The molecular formula is C13H16ClFO2. The minimum atomic E-state index is -0.296. The molecule has 2 nitrogen and oxygen atoms in total. The number of halogens is 2. The second-order valence-corrected chi connectivity index (χ2v) is 4.76. The Balaban J connectivity index is 1.91. The third kappa shape index (κ3) is 3.11. The van der Waals surface area contributed by atoms with Gasteiger partial charge in [-0.25, -0.2) is 4.39 Å². The van der Waals surface area contributed by atoms with Gasteiger partial charge in [0.25, 0.3) is 0 Å². The lowest BCUT2D eigenvalue weighted by Crippen LogP contribution is -2.52. The van der Waals surface area contributed by atoms with Crippen molar-refractivity contribution in [3.8, 4) is 5.75 Å². The quantitative estimate of drug-likeness (QED) is 0.754. The van der Waals surface area contributed by atoms with Crippen LogP contribution in [0.2, 0.25) is 0 Å². The van der Waals surface area contributed by atoms with Gasteiger partial charge in [0.05, 0.1) is 5.38 Å². The Bertz CT molecular complexity index is 372. The van der Waals surface area contributed by atoms with E-state index in [0.29, 0.717) is 12.4 Å². The zero-order chi connectivity index (χ0) is 12.3. The highest BCUT2D eigenvalue weighted by Gasteiger charge is 2.42. The maximum Gasteiger partial charge on any atom is 0.128 e. The number of rotatable bonds is 5. The van der Waals surface area contributed by atoms with Crippen LogP contribution in [0.15, 0.2) is 24.3 Å². The number of ether oxygens (including phenoxy) is 2. The van der Waals surface area contributed by atoms with Gasteiger partial charge in [-0.3, -0.25) is 0 Å². The highest BCUT2D eigenvalue weighted by atomic mass is 35.5. The van der Waals surface area contributed by atoms with Crippen LogP contribution in [0.3, 0.4) is 0 Å². The minimum Gasteiger partial charge on any atom is -0.487 e. The van der Waals surface area contributed by atoms with Crippen molar-refractivity contribution in [3.05, 3.63) is 30.1 Å². The molecule has 1 aromatic rings. The van der Waals surface area contributed by atoms with Crippen LogP contribution in [0.5, 0.6) is 5.75 Å². The topological polar surface area (TPSA) is 18.5 Å². The molecule has 2 rings (SSSR count). The summed E-state index contributed by atoms with van der Waals surface area (Å²) in [6.07, 6.45) is 1.55. The molecule has 94 valence electrons. The van der Waals surface area contributed by atoms with Crippen LogP contribution in [0.4, 0.5) is 4.39 Å². The summed E-state index contributed by atoms with van der Waals surface area (Å²) in [6.45, 7) is 2.72. The van der Waals surface area contributed by atoms with E-state index in [4.69, 9.17) is 21.1 Å². The molecule has 0 spiro atoms. The fourth-order valence-electron chi connectivity index (χ4n) is 1.82. The molecule has 4 heteroatoms. The molecule has 1 aliphatic carbocycles. The van der Waals surface area contributed by atoms with Gasteiger partial charge in [0, 0.05) is 19.1 Å². The van der Waals surface area contributed by atoms with E-state index in [1.807, 2.05) is 6.92 Å². The Hall–Kier alpha value is -0.800. The average Bonchev–Trinajstić information content (AvgIpc) is 2.29. The van der Waals surface area contributed by atoms with Gasteiger partial charge in [-0.2, -0.15) is 0 Å². The Morgan fingerprint density at radius 2 is 2.29 bits per heavy atom. The van der Waals surface area contributed by atoms with E-state index < -0.39 is 0 Å². The number of hydrogen-bond donors (Lipinski definition) is 0. The minimum absolute atomic E-state index is 0.000101. The molecule has 0 heterocycles. The van der Waals surface area contributed by atoms with Gasteiger partial charge >= 0.3 is 0 Å². The number of benzene rings is 1. The lowest BCUT2D eigenvalue weighted by Gasteiger charge is -2.40. The predicted molar refractivity (Wildman–Crippen MR) is 65.1 cm³/mol. The van der Waals surface area contributed by atoms with Gasteiger partial charge in [-0.15, -0.1) is 11.6 Å². The van der Waals surface area contributed by atoms with Gasteiger partial charge < -0.3 is 9.47 Å². The van der Waals surface area contributed by atoms with Crippen molar-refractivity contribution in [1.82, 2.24) is 0 Å². The summed E-state index contributed by atoms with van der Waals surface area (Å²) in [7, 11) is 0. The van der Waals surface area contributed by atoms with Gasteiger partial charge in [-0.1, -0.05) is 13.0 Å². The van der Waals surface area contributed by atoms with E-state index >= 15 is 0 Å². The van der Waals surface area contributed by atoms with E-state index in [9.17, 15) is 4.39 Å². The molecule has 17 heavy (non-hydrogen) atoms. The van der Waals surface area contributed by atoms with Crippen LogP contribution < -0.4 is 4.74 Å². The first-order valence-electron chi connectivity index (χ1n) is 5.88. The molecule has 0 radical (unpaired) electrons. The van der Waals surface area contributed by atoms with Gasteiger partial charge in [-0.05, 0) is 18.6 Å². The van der Waals surface area contributed by atoms with Crippen molar-refractivity contribution in [2.24, 2.45) is 0 Å². The van der Waals surface area contributed by atoms with Crippen molar-refractivity contribution in [2.75, 3.05) is 6.61 Å². The summed E-state index contributed by atoms with van der Waals surface area (Å²) < 4.78 is 24.2. The summed E-state index contributed by atoms with van der Waals surface area (Å²) in [4.78, 5) is 0. The summed E-state index contributed by atoms with van der Waals surface area (Å²) in [6, 6.07) is 6.13. The van der Waals surface area contributed by atoms with Crippen LogP contribution in [0.1, 0.15) is 19.8 Å². The SMILES string of the molecule is CCCOC1C(Cl)CC1Oc1cccc(F)c1. The zero-order valence-electron chi connectivity index (χ0n) is 9.74. The lowest BCUT2D eigenvalue weighted by atomic mass is 9.91. The largest absolute Gasteiger partial charge is 0.487 e. The molecule has 0 N–H and O–H groups in total. The molecule has 1 aromatic carbocycles. The standard InChI is InChI=1S/C13H16ClFO2/c1-2-6-16-13-11(14)8-12(13)17-10-5-3-4-9(15)7-10/h3-5,7,11-13H,2,6,8H2,1H3. The maximum atomic E-state index is 13.0. The Morgan fingerprint density at radius 3 is 2.94 bits per heavy atom. The first kappa shape index (κ1) is 12.7.